The second-order valence-electron chi connectivity index (χ2n) is 7.29. The van der Waals surface area contributed by atoms with Gasteiger partial charge in [0.2, 0.25) is 0 Å². The predicted molar refractivity (Wildman–Crippen MR) is 106 cm³/mol. The molecule has 0 spiro atoms. The van der Waals surface area contributed by atoms with Crippen molar-refractivity contribution in [3.63, 3.8) is 0 Å². The van der Waals surface area contributed by atoms with Crippen LogP contribution in [-0.2, 0) is 22.6 Å². The van der Waals surface area contributed by atoms with Crippen LogP contribution in [-0.4, -0.2) is 34.7 Å². The third-order valence-electron chi connectivity index (χ3n) is 5.38. The summed E-state index contributed by atoms with van der Waals surface area (Å²) in [6, 6.07) is 16.2. The normalized spacial score (nSPS) is 17.0. The van der Waals surface area contributed by atoms with Crippen LogP contribution in [0.1, 0.15) is 35.6 Å². The first-order valence-corrected chi connectivity index (χ1v) is 9.59. The number of amides is 2. The maximum Gasteiger partial charge on any atom is 0.277 e. The van der Waals surface area contributed by atoms with Crippen LogP contribution in [0.15, 0.2) is 54.2 Å². The molecule has 4 rings (SSSR count). The van der Waals surface area contributed by atoms with E-state index in [0.717, 1.165) is 30.5 Å². The van der Waals surface area contributed by atoms with Crippen molar-refractivity contribution in [1.82, 2.24) is 9.80 Å². The second-order valence-corrected chi connectivity index (χ2v) is 7.29. The molecule has 2 heterocycles. The Kier molecular flexibility index (Phi) is 4.56. The van der Waals surface area contributed by atoms with Crippen molar-refractivity contribution in [2.75, 3.05) is 13.1 Å². The number of aryl methyl sites for hydroxylation is 1. The Balaban J connectivity index is 1.79. The molecular weight excluding hydrogens is 336 g/mol. The number of fused-ring (bicyclic) bond motifs is 1. The highest BCUT2D eigenvalue weighted by Gasteiger charge is 2.41. The van der Waals surface area contributed by atoms with Gasteiger partial charge < -0.3 is 4.90 Å². The zero-order chi connectivity index (χ0) is 19.0. The molecule has 27 heavy (non-hydrogen) atoms. The van der Waals surface area contributed by atoms with Crippen molar-refractivity contribution in [3.8, 4) is 0 Å². The van der Waals surface area contributed by atoms with E-state index in [1.165, 1.54) is 16.0 Å². The van der Waals surface area contributed by atoms with Gasteiger partial charge >= 0.3 is 0 Å². The first-order valence-electron chi connectivity index (χ1n) is 9.59. The molecule has 0 bridgehead atoms. The Morgan fingerprint density at radius 1 is 0.926 bits per heavy atom. The number of benzene rings is 2. The quantitative estimate of drug-likeness (QED) is 0.783. The summed E-state index contributed by atoms with van der Waals surface area (Å²) < 4.78 is 0. The summed E-state index contributed by atoms with van der Waals surface area (Å²) in [6.45, 7) is 5.88. The van der Waals surface area contributed by atoms with Crippen LogP contribution < -0.4 is 0 Å². The van der Waals surface area contributed by atoms with Gasteiger partial charge in [0.05, 0.1) is 5.57 Å². The molecule has 2 aliphatic rings. The molecule has 0 radical (unpaired) electrons. The van der Waals surface area contributed by atoms with Gasteiger partial charge in [0.15, 0.2) is 0 Å². The zero-order valence-electron chi connectivity index (χ0n) is 15.9. The minimum Gasteiger partial charge on any atom is -0.362 e. The van der Waals surface area contributed by atoms with E-state index in [1.807, 2.05) is 44.2 Å². The zero-order valence-corrected chi connectivity index (χ0v) is 15.9. The molecule has 0 aromatic heterocycles. The Bertz CT molecular complexity index is 928. The minimum atomic E-state index is -0.167. The molecule has 138 valence electrons. The maximum atomic E-state index is 13.2. The van der Waals surface area contributed by atoms with E-state index >= 15 is 0 Å². The highest BCUT2D eigenvalue weighted by atomic mass is 16.2. The van der Waals surface area contributed by atoms with Crippen molar-refractivity contribution in [2.24, 2.45) is 0 Å². The molecule has 0 atom stereocenters. The van der Waals surface area contributed by atoms with Gasteiger partial charge in [-0.05, 0) is 36.5 Å². The predicted octanol–water partition coefficient (Wildman–Crippen LogP) is 3.54. The number of carbonyl (C=O) groups is 2. The molecular formula is C23H24N2O2. The van der Waals surface area contributed by atoms with Gasteiger partial charge in [-0.2, -0.15) is 0 Å². The Labute approximate surface area is 160 Å². The lowest BCUT2D eigenvalue weighted by molar-refractivity contribution is -0.137. The minimum absolute atomic E-state index is 0.156. The molecule has 2 aliphatic heterocycles. The molecule has 0 aliphatic carbocycles. The fourth-order valence-electron chi connectivity index (χ4n) is 3.95. The maximum absolute atomic E-state index is 13.2. The average Bonchev–Trinajstić information content (AvgIpc) is 2.93. The number of hydrogen-bond acceptors (Lipinski definition) is 3. The van der Waals surface area contributed by atoms with E-state index in [9.17, 15) is 9.59 Å². The lowest BCUT2D eigenvalue weighted by atomic mass is 9.97. The molecule has 2 aromatic rings. The lowest BCUT2D eigenvalue weighted by Crippen LogP contribution is -2.37. The molecule has 4 heteroatoms. The van der Waals surface area contributed by atoms with E-state index in [-0.39, 0.29) is 11.8 Å². The topological polar surface area (TPSA) is 40.6 Å². The summed E-state index contributed by atoms with van der Waals surface area (Å²) in [5.41, 5.74) is 5.63. The number of imide groups is 1. The van der Waals surface area contributed by atoms with Crippen LogP contribution >= 0.6 is 0 Å². The van der Waals surface area contributed by atoms with Gasteiger partial charge in [-0.15, -0.1) is 0 Å². The van der Waals surface area contributed by atoms with Crippen LogP contribution in [0.25, 0.3) is 5.57 Å². The average molecular weight is 360 g/mol. The van der Waals surface area contributed by atoms with E-state index in [1.54, 1.807) is 0 Å². The number of hydrogen-bond donors (Lipinski definition) is 0. The summed E-state index contributed by atoms with van der Waals surface area (Å²) in [5, 5.41) is 0. The smallest absolute Gasteiger partial charge is 0.277 e. The number of carbonyl (C=O) groups excluding carboxylic acids is 2. The van der Waals surface area contributed by atoms with Gasteiger partial charge in [0, 0.05) is 19.6 Å². The third kappa shape index (κ3) is 3.05. The molecule has 0 unspecified atom stereocenters. The Hall–Kier alpha value is -2.88. The summed E-state index contributed by atoms with van der Waals surface area (Å²) >= 11 is 0. The highest BCUT2D eigenvalue weighted by molar-refractivity contribution is 6.35. The van der Waals surface area contributed by atoms with E-state index < -0.39 is 0 Å². The van der Waals surface area contributed by atoms with Crippen LogP contribution in [0.2, 0.25) is 0 Å². The molecule has 0 N–H and O–H groups in total. The summed E-state index contributed by atoms with van der Waals surface area (Å²) in [7, 11) is 0. The Morgan fingerprint density at radius 3 is 2.33 bits per heavy atom. The standard InChI is InChI=1S/C23H24N2O2/c1-3-13-25-22(26)20(18-10-8-16(2)9-11-18)21(23(25)27)24-14-12-17-6-4-5-7-19(17)15-24/h4-11H,3,12-15H2,1-2H3. The third-order valence-corrected chi connectivity index (χ3v) is 5.38. The van der Waals surface area contributed by atoms with Crippen LogP contribution in [0.3, 0.4) is 0 Å². The fraction of sp³-hybridized carbons (Fsp3) is 0.304. The summed E-state index contributed by atoms with van der Waals surface area (Å²) in [5.74, 6) is -0.323. The van der Waals surface area contributed by atoms with Crippen LogP contribution in [0.4, 0.5) is 0 Å². The number of nitrogens with zero attached hydrogens (tertiary/aromatic N) is 2. The molecule has 0 saturated heterocycles. The molecule has 0 saturated carbocycles. The first-order chi connectivity index (χ1) is 13.1. The second kappa shape index (κ2) is 7.03. The summed E-state index contributed by atoms with van der Waals surface area (Å²) in [4.78, 5) is 29.8. The Morgan fingerprint density at radius 2 is 1.63 bits per heavy atom. The van der Waals surface area contributed by atoms with Gasteiger partial charge in [0.25, 0.3) is 11.8 Å². The van der Waals surface area contributed by atoms with E-state index in [4.69, 9.17) is 0 Å². The van der Waals surface area contributed by atoms with E-state index in [0.29, 0.717) is 24.4 Å². The summed E-state index contributed by atoms with van der Waals surface area (Å²) in [6.07, 6.45) is 1.64. The van der Waals surface area contributed by atoms with Crippen molar-refractivity contribution in [1.29, 1.82) is 0 Å². The van der Waals surface area contributed by atoms with Gasteiger partial charge in [0.1, 0.15) is 5.70 Å². The van der Waals surface area contributed by atoms with Crippen molar-refractivity contribution in [2.45, 2.75) is 33.2 Å². The molecule has 4 nitrogen and oxygen atoms in total. The monoisotopic (exact) mass is 360 g/mol. The molecule has 0 fully saturated rings. The van der Waals surface area contributed by atoms with Gasteiger partial charge in [-0.1, -0.05) is 61.0 Å². The largest absolute Gasteiger partial charge is 0.362 e. The highest BCUT2D eigenvalue weighted by Crippen LogP contribution is 2.34. The number of rotatable bonds is 4. The van der Waals surface area contributed by atoms with Gasteiger partial charge in [-0.3, -0.25) is 14.5 Å². The fourth-order valence-corrected chi connectivity index (χ4v) is 3.95. The van der Waals surface area contributed by atoms with E-state index in [2.05, 4.69) is 23.1 Å². The first kappa shape index (κ1) is 17.5. The van der Waals surface area contributed by atoms with Crippen molar-refractivity contribution < 1.29 is 9.59 Å². The SMILES string of the molecule is CCCN1C(=O)C(c2ccc(C)cc2)=C(N2CCc3ccccc3C2)C1=O. The van der Waals surface area contributed by atoms with Crippen LogP contribution in [0, 0.1) is 6.92 Å². The molecule has 2 aromatic carbocycles. The van der Waals surface area contributed by atoms with Gasteiger partial charge in [-0.25, -0.2) is 0 Å². The lowest BCUT2D eigenvalue weighted by Gasteiger charge is -2.31. The molecule has 2 amide bonds. The van der Waals surface area contributed by atoms with Crippen molar-refractivity contribution in [3.05, 3.63) is 76.5 Å². The van der Waals surface area contributed by atoms with Crippen LogP contribution in [0.5, 0.6) is 0 Å². The van der Waals surface area contributed by atoms with Crippen molar-refractivity contribution >= 4 is 17.4 Å².